The fourth-order valence-electron chi connectivity index (χ4n) is 2.15. The second-order valence-corrected chi connectivity index (χ2v) is 5.31. The van der Waals surface area contributed by atoms with Crippen molar-refractivity contribution < 1.29 is 9.47 Å². The Labute approximate surface area is 108 Å². The minimum absolute atomic E-state index is 0.00611. The fourth-order valence-corrected chi connectivity index (χ4v) is 2.15. The van der Waals surface area contributed by atoms with E-state index in [4.69, 9.17) is 9.47 Å². The average molecular weight is 245 g/mol. The lowest BCUT2D eigenvalue weighted by Gasteiger charge is -2.22. The van der Waals surface area contributed by atoms with Crippen molar-refractivity contribution in [2.75, 3.05) is 14.2 Å². The maximum atomic E-state index is 5.48. The topological polar surface area (TPSA) is 31.4 Å². The molecule has 0 atom stereocenters. The molecule has 0 saturated heterocycles. The van der Waals surface area contributed by atoms with Gasteiger partial charge in [-0.25, -0.2) is 4.98 Å². The monoisotopic (exact) mass is 245 g/mol. The molecule has 1 heterocycles. The van der Waals surface area contributed by atoms with E-state index in [-0.39, 0.29) is 5.41 Å². The van der Waals surface area contributed by atoms with Crippen LogP contribution >= 0.6 is 0 Å². The van der Waals surface area contributed by atoms with Crippen LogP contribution in [0.4, 0.5) is 0 Å². The first kappa shape index (κ1) is 12.7. The lowest BCUT2D eigenvalue weighted by Crippen LogP contribution is -2.13. The summed E-state index contributed by atoms with van der Waals surface area (Å²) in [6, 6.07) is 5.94. The van der Waals surface area contributed by atoms with E-state index in [2.05, 4.69) is 25.8 Å². The molecular formula is C15H19NO2. The molecule has 0 spiro atoms. The standard InChI is InChI=1S/C15H19NO2/c1-15(2,3)11-9-16-14(18-5)10-7-6-8-12(17-4)13(10)11/h6-9H,1-5H3. The Morgan fingerprint density at radius 1 is 1.06 bits per heavy atom. The lowest BCUT2D eigenvalue weighted by atomic mass is 9.85. The van der Waals surface area contributed by atoms with Crippen LogP contribution < -0.4 is 9.47 Å². The summed E-state index contributed by atoms with van der Waals surface area (Å²) in [6.07, 6.45) is 1.88. The van der Waals surface area contributed by atoms with Crippen molar-refractivity contribution in [1.82, 2.24) is 4.98 Å². The first-order chi connectivity index (χ1) is 8.49. The highest BCUT2D eigenvalue weighted by Gasteiger charge is 2.21. The van der Waals surface area contributed by atoms with E-state index in [0.717, 1.165) is 22.1 Å². The van der Waals surface area contributed by atoms with Crippen molar-refractivity contribution in [1.29, 1.82) is 0 Å². The zero-order valence-electron chi connectivity index (χ0n) is 11.6. The Balaban J connectivity index is 2.89. The number of benzene rings is 1. The van der Waals surface area contributed by atoms with Crippen LogP contribution in [0.25, 0.3) is 10.8 Å². The maximum Gasteiger partial charge on any atom is 0.221 e. The Hall–Kier alpha value is -1.77. The molecular weight excluding hydrogens is 226 g/mol. The van der Waals surface area contributed by atoms with E-state index < -0.39 is 0 Å². The van der Waals surface area contributed by atoms with E-state index in [0.29, 0.717) is 5.88 Å². The van der Waals surface area contributed by atoms with Gasteiger partial charge in [0.15, 0.2) is 0 Å². The summed E-state index contributed by atoms with van der Waals surface area (Å²) < 4.78 is 10.8. The van der Waals surface area contributed by atoms with Gasteiger partial charge in [0.1, 0.15) is 5.75 Å². The van der Waals surface area contributed by atoms with Crippen molar-refractivity contribution in [3.05, 3.63) is 30.0 Å². The van der Waals surface area contributed by atoms with Gasteiger partial charge in [0.2, 0.25) is 5.88 Å². The predicted octanol–water partition coefficient (Wildman–Crippen LogP) is 3.55. The number of hydrogen-bond acceptors (Lipinski definition) is 3. The third kappa shape index (κ3) is 2.01. The summed E-state index contributed by atoms with van der Waals surface area (Å²) in [5, 5.41) is 2.07. The van der Waals surface area contributed by atoms with Gasteiger partial charge in [-0.2, -0.15) is 0 Å². The van der Waals surface area contributed by atoms with E-state index in [1.165, 1.54) is 0 Å². The van der Waals surface area contributed by atoms with Gasteiger partial charge in [0.05, 0.1) is 14.2 Å². The quantitative estimate of drug-likeness (QED) is 0.810. The molecule has 1 aromatic carbocycles. The summed E-state index contributed by atoms with van der Waals surface area (Å²) in [4.78, 5) is 4.39. The first-order valence-electron chi connectivity index (χ1n) is 5.99. The molecule has 2 rings (SSSR count). The van der Waals surface area contributed by atoms with Crippen molar-refractivity contribution in [2.24, 2.45) is 0 Å². The van der Waals surface area contributed by atoms with E-state index in [1.54, 1.807) is 14.2 Å². The SMILES string of the molecule is COc1ncc(C(C)(C)C)c2c(OC)cccc12. The van der Waals surface area contributed by atoms with E-state index >= 15 is 0 Å². The molecule has 0 amide bonds. The summed E-state index contributed by atoms with van der Waals surface area (Å²) in [6.45, 7) is 6.51. The zero-order valence-corrected chi connectivity index (χ0v) is 11.6. The molecule has 0 radical (unpaired) electrons. The molecule has 2 aromatic rings. The van der Waals surface area contributed by atoms with Crippen LogP contribution in [0.5, 0.6) is 11.6 Å². The van der Waals surface area contributed by atoms with Crippen molar-refractivity contribution >= 4 is 10.8 Å². The van der Waals surface area contributed by atoms with E-state index in [1.807, 2.05) is 24.4 Å². The molecule has 0 N–H and O–H groups in total. The predicted molar refractivity (Wildman–Crippen MR) is 73.5 cm³/mol. The second-order valence-electron chi connectivity index (χ2n) is 5.31. The van der Waals surface area contributed by atoms with Gasteiger partial charge in [-0.1, -0.05) is 26.8 Å². The van der Waals surface area contributed by atoms with Gasteiger partial charge in [-0.3, -0.25) is 0 Å². The average Bonchev–Trinajstić information content (AvgIpc) is 2.35. The molecule has 0 fully saturated rings. The summed E-state index contributed by atoms with van der Waals surface area (Å²) in [7, 11) is 3.33. The Morgan fingerprint density at radius 2 is 1.78 bits per heavy atom. The molecule has 3 nitrogen and oxygen atoms in total. The Morgan fingerprint density at radius 3 is 2.33 bits per heavy atom. The van der Waals surface area contributed by atoms with Crippen LogP contribution in [0.3, 0.4) is 0 Å². The summed E-state index contributed by atoms with van der Waals surface area (Å²) in [5.41, 5.74) is 1.17. The molecule has 3 heteroatoms. The van der Waals surface area contributed by atoms with Crippen LogP contribution in [-0.4, -0.2) is 19.2 Å². The highest BCUT2D eigenvalue weighted by Crippen LogP contribution is 2.38. The van der Waals surface area contributed by atoms with Crippen molar-refractivity contribution in [3.8, 4) is 11.6 Å². The van der Waals surface area contributed by atoms with Gasteiger partial charge < -0.3 is 9.47 Å². The smallest absolute Gasteiger partial charge is 0.221 e. The number of aromatic nitrogens is 1. The third-order valence-corrected chi connectivity index (χ3v) is 3.06. The number of rotatable bonds is 2. The van der Waals surface area contributed by atoms with Crippen LogP contribution in [0.1, 0.15) is 26.3 Å². The first-order valence-corrected chi connectivity index (χ1v) is 5.99. The van der Waals surface area contributed by atoms with Gasteiger partial charge in [0.25, 0.3) is 0 Å². The molecule has 0 aliphatic rings. The lowest BCUT2D eigenvalue weighted by molar-refractivity contribution is 0.401. The molecule has 0 aliphatic carbocycles. The molecule has 18 heavy (non-hydrogen) atoms. The minimum atomic E-state index is 0.00611. The number of methoxy groups -OCH3 is 2. The van der Waals surface area contributed by atoms with Crippen LogP contribution in [0.2, 0.25) is 0 Å². The normalized spacial score (nSPS) is 11.6. The highest BCUT2D eigenvalue weighted by molar-refractivity contribution is 5.95. The summed E-state index contributed by atoms with van der Waals surface area (Å²) in [5.74, 6) is 1.50. The minimum Gasteiger partial charge on any atom is -0.496 e. The Kier molecular flexibility index (Phi) is 3.16. The fraction of sp³-hybridized carbons (Fsp3) is 0.400. The van der Waals surface area contributed by atoms with Crippen LogP contribution in [0, 0.1) is 0 Å². The van der Waals surface area contributed by atoms with Gasteiger partial charge in [0, 0.05) is 17.0 Å². The molecule has 1 aromatic heterocycles. The number of pyridine rings is 1. The Bertz CT molecular complexity index is 570. The molecule has 0 saturated carbocycles. The molecule has 0 aliphatic heterocycles. The number of ether oxygens (including phenoxy) is 2. The molecule has 0 bridgehead atoms. The zero-order chi connectivity index (χ0) is 13.3. The number of hydrogen-bond donors (Lipinski definition) is 0. The maximum absolute atomic E-state index is 5.48. The molecule has 96 valence electrons. The van der Waals surface area contributed by atoms with Gasteiger partial charge in [-0.05, 0) is 23.1 Å². The molecule has 0 unspecified atom stereocenters. The van der Waals surface area contributed by atoms with Gasteiger partial charge in [-0.15, -0.1) is 0 Å². The van der Waals surface area contributed by atoms with Crippen molar-refractivity contribution in [2.45, 2.75) is 26.2 Å². The number of fused-ring (bicyclic) bond motifs is 1. The van der Waals surface area contributed by atoms with Crippen molar-refractivity contribution in [3.63, 3.8) is 0 Å². The number of nitrogens with zero attached hydrogens (tertiary/aromatic N) is 1. The van der Waals surface area contributed by atoms with Crippen LogP contribution in [-0.2, 0) is 5.41 Å². The third-order valence-electron chi connectivity index (χ3n) is 3.06. The van der Waals surface area contributed by atoms with E-state index in [9.17, 15) is 0 Å². The highest BCUT2D eigenvalue weighted by atomic mass is 16.5. The second kappa shape index (κ2) is 4.48. The van der Waals surface area contributed by atoms with Gasteiger partial charge >= 0.3 is 0 Å². The summed E-state index contributed by atoms with van der Waals surface area (Å²) >= 11 is 0. The largest absolute Gasteiger partial charge is 0.496 e. The van der Waals surface area contributed by atoms with Crippen LogP contribution in [0.15, 0.2) is 24.4 Å².